The zero-order chi connectivity index (χ0) is 17.8. The van der Waals surface area contributed by atoms with E-state index in [4.69, 9.17) is 9.72 Å². The third kappa shape index (κ3) is 2.17. The van der Waals surface area contributed by atoms with Crippen molar-refractivity contribution in [3.05, 3.63) is 91.1 Å². The second kappa shape index (κ2) is 5.42. The lowest BCUT2D eigenvalue weighted by molar-refractivity contribution is 0.487. The summed E-state index contributed by atoms with van der Waals surface area (Å²) in [5.41, 5.74) is 4.38. The summed E-state index contributed by atoms with van der Waals surface area (Å²) < 4.78 is 6.38. The summed E-state index contributed by atoms with van der Waals surface area (Å²) >= 11 is 0. The lowest BCUT2D eigenvalue weighted by Gasteiger charge is -2.22. The minimum absolute atomic E-state index is 0.867. The molecule has 0 aliphatic carbocycles. The lowest BCUT2D eigenvalue weighted by Crippen LogP contribution is -1.99. The highest BCUT2D eigenvalue weighted by Crippen LogP contribution is 2.48. The van der Waals surface area contributed by atoms with Crippen LogP contribution in [0.5, 0.6) is 11.5 Å². The Morgan fingerprint density at radius 2 is 1.37 bits per heavy atom. The first-order valence-corrected chi connectivity index (χ1v) is 9.06. The van der Waals surface area contributed by atoms with Gasteiger partial charge in [0.05, 0.1) is 11.1 Å². The van der Waals surface area contributed by atoms with Crippen LogP contribution in [0.1, 0.15) is 0 Å². The molecule has 0 fully saturated rings. The van der Waals surface area contributed by atoms with Crippen molar-refractivity contribution in [2.45, 2.75) is 0 Å². The van der Waals surface area contributed by atoms with Crippen LogP contribution < -0.4 is 4.74 Å². The Kier molecular flexibility index (Phi) is 2.91. The fraction of sp³-hybridized carbons (Fsp3) is 0. The van der Waals surface area contributed by atoms with Crippen LogP contribution in [0.2, 0.25) is 0 Å². The predicted molar refractivity (Wildman–Crippen MR) is 110 cm³/mol. The molecule has 0 N–H and O–H groups in total. The fourth-order valence-corrected chi connectivity index (χ4v) is 3.97. The van der Waals surface area contributed by atoms with Gasteiger partial charge in [0.25, 0.3) is 0 Å². The summed E-state index contributed by atoms with van der Waals surface area (Å²) in [7, 11) is 0. The van der Waals surface area contributed by atoms with Gasteiger partial charge in [0.1, 0.15) is 11.5 Å². The molecule has 2 heteroatoms. The van der Waals surface area contributed by atoms with Crippen molar-refractivity contribution >= 4 is 21.5 Å². The monoisotopic (exact) mass is 345 g/mol. The molecule has 0 atom stereocenters. The van der Waals surface area contributed by atoms with Gasteiger partial charge in [0, 0.05) is 11.8 Å². The first kappa shape index (κ1) is 14.5. The number of ether oxygens (including phenoxy) is 1. The molecule has 5 aromatic rings. The van der Waals surface area contributed by atoms with E-state index in [1.165, 1.54) is 16.3 Å². The van der Waals surface area contributed by atoms with E-state index in [2.05, 4.69) is 78.9 Å². The number of nitrogens with zero attached hydrogens (tertiary/aromatic N) is 1. The molecule has 1 aromatic heterocycles. The van der Waals surface area contributed by atoms with E-state index < -0.39 is 0 Å². The quantitative estimate of drug-likeness (QED) is 0.326. The number of hydrogen-bond acceptors (Lipinski definition) is 2. The van der Waals surface area contributed by atoms with Crippen molar-refractivity contribution in [3.63, 3.8) is 0 Å². The van der Waals surface area contributed by atoms with Crippen molar-refractivity contribution in [2.24, 2.45) is 0 Å². The van der Waals surface area contributed by atoms with Crippen molar-refractivity contribution in [1.82, 2.24) is 4.98 Å². The average molecular weight is 345 g/mol. The van der Waals surface area contributed by atoms with Gasteiger partial charge in [-0.2, -0.15) is 0 Å². The fourth-order valence-electron chi connectivity index (χ4n) is 3.97. The predicted octanol–water partition coefficient (Wildman–Crippen LogP) is 6.83. The Balaban J connectivity index is 1.66. The van der Waals surface area contributed by atoms with E-state index in [0.717, 1.165) is 39.1 Å². The molecule has 2 heterocycles. The van der Waals surface area contributed by atoms with Gasteiger partial charge in [-0.25, -0.2) is 0 Å². The van der Waals surface area contributed by atoms with Gasteiger partial charge in [-0.1, -0.05) is 54.6 Å². The maximum atomic E-state index is 6.38. The van der Waals surface area contributed by atoms with Crippen LogP contribution in [-0.4, -0.2) is 4.98 Å². The molecule has 0 bridgehead atoms. The molecule has 1 aliphatic heterocycles. The molecule has 2 nitrogen and oxygen atoms in total. The third-order valence-electron chi connectivity index (χ3n) is 5.26. The topological polar surface area (TPSA) is 22.1 Å². The summed E-state index contributed by atoms with van der Waals surface area (Å²) in [6.07, 6.45) is 1.89. The number of aromatic nitrogens is 1. The van der Waals surface area contributed by atoms with Gasteiger partial charge in [-0.3, -0.25) is 4.98 Å². The molecule has 0 amide bonds. The van der Waals surface area contributed by atoms with E-state index >= 15 is 0 Å². The largest absolute Gasteiger partial charge is 0.456 e. The second-order valence-corrected chi connectivity index (χ2v) is 6.90. The molecule has 6 rings (SSSR count). The molecular weight excluding hydrogens is 330 g/mol. The lowest BCUT2D eigenvalue weighted by atomic mass is 9.94. The highest BCUT2D eigenvalue weighted by molar-refractivity contribution is 6.06. The highest BCUT2D eigenvalue weighted by atomic mass is 16.5. The molecule has 4 aromatic carbocycles. The minimum atomic E-state index is 0.867. The Hall–Kier alpha value is -3.65. The summed E-state index contributed by atoms with van der Waals surface area (Å²) in [6.45, 7) is 0. The van der Waals surface area contributed by atoms with Crippen LogP contribution in [0, 0.1) is 0 Å². The second-order valence-electron chi connectivity index (χ2n) is 6.90. The smallest absolute Gasteiger partial charge is 0.138 e. The van der Waals surface area contributed by atoms with Crippen LogP contribution in [0.3, 0.4) is 0 Å². The van der Waals surface area contributed by atoms with Crippen LogP contribution in [-0.2, 0) is 0 Å². The number of hydrogen-bond donors (Lipinski definition) is 0. The maximum Gasteiger partial charge on any atom is 0.138 e. The number of rotatable bonds is 1. The van der Waals surface area contributed by atoms with E-state index in [1.54, 1.807) is 0 Å². The van der Waals surface area contributed by atoms with Gasteiger partial charge in [-0.15, -0.1) is 0 Å². The van der Waals surface area contributed by atoms with Crippen molar-refractivity contribution in [1.29, 1.82) is 0 Å². The molecule has 0 saturated carbocycles. The molecule has 0 spiro atoms. The normalized spacial score (nSPS) is 12.0. The van der Waals surface area contributed by atoms with Gasteiger partial charge < -0.3 is 4.74 Å². The zero-order valence-electron chi connectivity index (χ0n) is 14.5. The Bertz CT molecular complexity index is 1340. The van der Waals surface area contributed by atoms with Crippen LogP contribution in [0.15, 0.2) is 91.1 Å². The Morgan fingerprint density at radius 1 is 0.593 bits per heavy atom. The molecule has 27 heavy (non-hydrogen) atoms. The standard InChI is InChI=1S/C25H15NO/c1-2-6-16(7-3-1)20-12-19-10-11-26-25-21-13-17-8-4-5-9-18(17)14-22(21)27-23(15-20)24(19)25/h1-15H. The van der Waals surface area contributed by atoms with Crippen LogP contribution >= 0.6 is 0 Å². The Labute approximate surface area is 156 Å². The van der Waals surface area contributed by atoms with Crippen molar-refractivity contribution in [2.75, 3.05) is 0 Å². The van der Waals surface area contributed by atoms with E-state index in [9.17, 15) is 0 Å². The van der Waals surface area contributed by atoms with Crippen molar-refractivity contribution in [3.8, 4) is 33.9 Å². The Morgan fingerprint density at radius 3 is 2.22 bits per heavy atom. The first-order chi connectivity index (χ1) is 13.4. The molecule has 0 saturated heterocycles. The van der Waals surface area contributed by atoms with Gasteiger partial charge >= 0.3 is 0 Å². The molecule has 1 aliphatic rings. The summed E-state index contributed by atoms with van der Waals surface area (Å²) in [6, 6.07) is 29.5. The first-order valence-electron chi connectivity index (χ1n) is 9.06. The molecule has 0 unspecified atom stereocenters. The summed E-state index contributed by atoms with van der Waals surface area (Å²) in [5.74, 6) is 1.74. The van der Waals surface area contributed by atoms with E-state index in [-0.39, 0.29) is 0 Å². The van der Waals surface area contributed by atoms with E-state index in [1.807, 2.05) is 12.3 Å². The average Bonchev–Trinajstić information content (AvgIpc) is 2.73. The number of pyridine rings is 1. The third-order valence-corrected chi connectivity index (χ3v) is 5.26. The van der Waals surface area contributed by atoms with Crippen molar-refractivity contribution < 1.29 is 4.74 Å². The maximum absolute atomic E-state index is 6.38. The molecule has 126 valence electrons. The van der Waals surface area contributed by atoms with Gasteiger partial charge in [0.2, 0.25) is 0 Å². The molecular formula is C25H15NO. The summed E-state index contributed by atoms with van der Waals surface area (Å²) in [4.78, 5) is 4.71. The number of benzene rings is 4. The number of fused-ring (bicyclic) bond motifs is 3. The molecule has 0 radical (unpaired) electrons. The van der Waals surface area contributed by atoms with Gasteiger partial charge in [0.15, 0.2) is 0 Å². The van der Waals surface area contributed by atoms with Crippen LogP contribution in [0.25, 0.3) is 43.9 Å². The zero-order valence-corrected chi connectivity index (χ0v) is 14.5. The summed E-state index contributed by atoms with van der Waals surface area (Å²) in [5, 5.41) is 4.60. The van der Waals surface area contributed by atoms with E-state index in [0.29, 0.717) is 0 Å². The van der Waals surface area contributed by atoms with Crippen LogP contribution in [0.4, 0.5) is 0 Å². The SMILES string of the molecule is c1ccc(-c2cc3c4c(nccc4c2)-c2cc4ccccc4cc2O3)cc1. The van der Waals surface area contributed by atoms with Gasteiger partial charge in [-0.05, 0) is 57.6 Å². The highest BCUT2D eigenvalue weighted by Gasteiger charge is 2.22. The minimum Gasteiger partial charge on any atom is -0.456 e.